The molecule has 0 bridgehead atoms. The number of likely N-dealkylation sites (N-methyl/N-ethyl adjacent to an activating group) is 1. The molecule has 2 aromatic carbocycles. The Hall–Kier alpha value is -2.43. The normalized spacial score (nSPS) is 13.6. The second-order valence-electron chi connectivity index (χ2n) is 5.84. The SMILES string of the molecule is CN[C@H](CCC=Cc1ccc(C(=O)OC)cc1)[C@H](O)c1ccccc1. The molecule has 0 aliphatic rings. The van der Waals surface area contributed by atoms with Crippen molar-refractivity contribution in [3.63, 3.8) is 0 Å². The van der Waals surface area contributed by atoms with Crippen molar-refractivity contribution in [3.05, 3.63) is 77.4 Å². The van der Waals surface area contributed by atoms with Gasteiger partial charge >= 0.3 is 5.97 Å². The molecule has 0 saturated carbocycles. The summed E-state index contributed by atoms with van der Waals surface area (Å²) in [6.07, 6.45) is 5.23. The number of hydrogen-bond donors (Lipinski definition) is 2. The second-order valence-corrected chi connectivity index (χ2v) is 5.84. The van der Waals surface area contributed by atoms with Gasteiger partial charge < -0.3 is 15.2 Å². The lowest BCUT2D eigenvalue weighted by Crippen LogP contribution is -2.31. The number of aliphatic hydroxyl groups is 1. The van der Waals surface area contributed by atoms with Crippen LogP contribution in [0.25, 0.3) is 6.08 Å². The summed E-state index contributed by atoms with van der Waals surface area (Å²) in [6, 6.07) is 17.0. The maximum Gasteiger partial charge on any atom is 0.337 e. The third kappa shape index (κ3) is 5.55. The summed E-state index contributed by atoms with van der Waals surface area (Å²) < 4.78 is 4.68. The van der Waals surface area contributed by atoms with Crippen molar-refractivity contribution in [3.8, 4) is 0 Å². The van der Waals surface area contributed by atoms with E-state index in [1.807, 2.05) is 55.6 Å². The second kappa shape index (κ2) is 9.77. The number of rotatable bonds is 8. The number of esters is 1. The van der Waals surface area contributed by atoms with Crippen LogP contribution in [0.4, 0.5) is 0 Å². The molecule has 0 aliphatic carbocycles. The van der Waals surface area contributed by atoms with E-state index in [1.54, 1.807) is 12.1 Å². The predicted molar refractivity (Wildman–Crippen MR) is 100 cm³/mol. The van der Waals surface area contributed by atoms with Gasteiger partial charge in [0.05, 0.1) is 18.8 Å². The summed E-state index contributed by atoms with van der Waals surface area (Å²) in [7, 11) is 3.24. The first-order valence-electron chi connectivity index (χ1n) is 8.41. The lowest BCUT2D eigenvalue weighted by molar-refractivity contribution is 0.0600. The zero-order chi connectivity index (χ0) is 18.1. The first kappa shape index (κ1) is 18.9. The number of nitrogens with one attached hydrogen (secondary N) is 1. The molecule has 0 aromatic heterocycles. The molecule has 0 unspecified atom stereocenters. The van der Waals surface area contributed by atoms with Gasteiger partial charge in [-0.2, -0.15) is 0 Å². The van der Waals surface area contributed by atoms with Gasteiger partial charge in [0, 0.05) is 6.04 Å². The van der Waals surface area contributed by atoms with Crippen LogP contribution in [0.5, 0.6) is 0 Å². The van der Waals surface area contributed by atoms with Gasteiger partial charge in [-0.15, -0.1) is 0 Å². The highest BCUT2D eigenvalue weighted by Crippen LogP contribution is 2.20. The van der Waals surface area contributed by atoms with Crippen molar-refractivity contribution in [1.29, 1.82) is 0 Å². The van der Waals surface area contributed by atoms with Crippen LogP contribution in [0.1, 0.15) is 40.4 Å². The Labute approximate surface area is 149 Å². The van der Waals surface area contributed by atoms with Gasteiger partial charge in [0.1, 0.15) is 0 Å². The van der Waals surface area contributed by atoms with Gasteiger partial charge in [-0.3, -0.25) is 0 Å². The molecule has 0 fully saturated rings. The van der Waals surface area contributed by atoms with Crippen LogP contribution in [0.15, 0.2) is 60.7 Å². The molecular formula is C21H25NO3. The molecule has 0 heterocycles. The summed E-state index contributed by atoms with van der Waals surface area (Å²) >= 11 is 0. The molecule has 25 heavy (non-hydrogen) atoms. The summed E-state index contributed by atoms with van der Waals surface area (Å²) in [5.74, 6) is -0.331. The van der Waals surface area contributed by atoms with Crippen LogP contribution in [0.3, 0.4) is 0 Å². The van der Waals surface area contributed by atoms with E-state index in [0.29, 0.717) is 5.56 Å². The number of allylic oxidation sites excluding steroid dienone is 1. The van der Waals surface area contributed by atoms with Crippen LogP contribution in [-0.2, 0) is 4.74 Å². The maximum absolute atomic E-state index is 11.4. The van der Waals surface area contributed by atoms with Crippen molar-refractivity contribution in [2.45, 2.75) is 25.0 Å². The lowest BCUT2D eigenvalue weighted by Gasteiger charge is -2.22. The zero-order valence-electron chi connectivity index (χ0n) is 14.7. The van der Waals surface area contributed by atoms with Crippen molar-refractivity contribution >= 4 is 12.0 Å². The van der Waals surface area contributed by atoms with E-state index in [9.17, 15) is 9.90 Å². The predicted octanol–water partition coefficient (Wildman–Crippen LogP) is 3.59. The third-order valence-electron chi connectivity index (χ3n) is 4.18. The Kier molecular flexibility index (Phi) is 7.38. The number of ether oxygens (including phenoxy) is 1. The van der Waals surface area contributed by atoms with E-state index < -0.39 is 6.10 Å². The van der Waals surface area contributed by atoms with Gasteiger partial charge in [0.2, 0.25) is 0 Å². The Morgan fingerprint density at radius 3 is 2.44 bits per heavy atom. The quantitative estimate of drug-likeness (QED) is 0.722. The molecule has 4 heteroatoms. The summed E-state index contributed by atoms with van der Waals surface area (Å²) in [4.78, 5) is 11.4. The van der Waals surface area contributed by atoms with E-state index in [4.69, 9.17) is 0 Å². The monoisotopic (exact) mass is 339 g/mol. The van der Waals surface area contributed by atoms with E-state index in [0.717, 1.165) is 24.0 Å². The average Bonchev–Trinajstić information content (AvgIpc) is 2.68. The fourth-order valence-corrected chi connectivity index (χ4v) is 2.69. The van der Waals surface area contributed by atoms with Crippen LogP contribution >= 0.6 is 0 Å². The minimum atomic E-state index is -0.529. The maximum atomic E-state index is 11.4. The number of carbonyl (C=O) groups is 1. The van der Waals surface area contributed by atoms with Crippen molar-refractivity contribution in [2.75, 3.05) is 14.2 Å². The van der Waals surface area contributed by atoms with Gasteiger partial charge in [-0.05, 0) is 43.1 Å². The molecule has 2 rings (SSSR count). The first-order chi connectivity index (χ1) is 12.2. The Bertz CT molecular complexity index is 680. The van der Waals surface area contributed by atoms with Crippen molar-refractivity contribution in [2.24, 2.45) is 0 Å². The summed E-state index contributed by atoms with van der Waals surface area (Å²) in [6.45, 7) is 0. The largest absolute Gasteiger partial charge is 0.465 e. The first-order valence-corrected chi connectivity index (χ1v) is 8.41. The number of benzene rings is 2. The molecule has 2 aromatic rings. The fraction of sp³-hybridized carbons (Fsp3) is 0.286. The highest BCUT2D eigenvalue weighted by Gasteiger charge is 2.17. The molecule has 0 amide bonds. The molecule has 0 saturated heterocycles. The number of hydrogen-bond acceptors (Lipinski definition) is 4. The van der Waals surface area contributed by atoms with Gasteiger partial charge in [0.25, 0.3) is 0 Å². The van der Waals surface area contributed by atoms with Crippen LogP contribution in [-0.4, -0.2) is 31.3 Å². The third-order valence-corrected chi connectivity index (χ3v) is 4.18. The Morgan fingerprint density at radius 1 is 1.16 bits per heavy atom. The van der Waals surface area contributed by atoms with Crippen LogP contribution < -0.4 is 5.32 Å². The molecule has 2 atom stereocenters. The minimum Gasteiger partial charge on any atom is -0.465 e. The minimum absolute atomic E-state index is 0.00579. The summed E-state index contributed by atoms with van der Waals surface area (Å²) in [5, 5.41) is 13.7. The van der Waals surface area contributed by atoms with Gasteiger partial charge in [0.15, 0.2) is 0 Å². The molecule has 0 radical (unpaired) electrons. The lowest BCUT2D eigenvalue weighted by atomic mass is 9.98. The molecule has 2 N–H and O–H groups in total. The van der Waals surface area contributed by atoms with E-state index >= 15 is 0 Å². The zero-order valence-corrected chi connectivity index (χ0v) is 14.7. The number of carbonyl (C=O) groups excluding carboxylic acids is 1. The van der Waals surface area contributed by atoms with Crippen LogP contribution in [0, 0.1) is 0 Å². The summed E-state index contributed by atoms with van der Waals surface area (Å²) in [5.41, 5.74) is 2.49. The molecule has 0 spiro atoms. The number of aliphatic hydroxyl groups excluding tert-OH is 1. The number of methoxy groups -OCH3 is 1. The molecule has 132 valence electrons. The van der Waals surface area contributed by atoms with E-state index in [1.165, 1.54) is 7.11 Å². The topological polar surface area (TPSA) is 58.6 Å². The van der Waals surface area contributed by atoms with Crippen molar-refractivity contribution in [1.82, 2.24) is 5.32 Å². The van der Waals surface area contributed by atoms with Crippen molar-refractivity contribution < 1.29 is 14.6 Å². The van der Waals surface area contributed by atoms with Gasteiger partial charge in [-0.25, -0.2) is 4.79 Å². The molecule has 4 nitrogen and oxygen atoms in total. The Balaban J connectivity index is 1.87. The Morgan fingerprint density at radius 2 is 1.84 bits per heavy atom. The average molecular weight is 339 g/mol. The molecule has 0 aliphatic heterocycles. The highest BCUT2D eigenvalue weighted by atomic mass is 16.5. The standard InChI is InChI=1S/C21H25NO3/c1-22-19(20(23)17-9-4-3-5-10-17)11-7-6-8-16-12-14-18(15-13-16)21(24)25-2/h3-6,8-10,12-15,19-20,22-23H,7,11H2,1-2H3/t19-,20-/m1/s1. The van der Waals surface area contributed by atoms with Gasteiger partial charge in [-0.1, -0.05) is 54.6 Å². The highest BCUT2D eigenvalue weighted by molar-refractivity contribution is 5.89. The fourth-order valence-electron chi connectivity index (χ4n) is 2.69. The van der Waals surface area contributed by atoms with E-state index in [-0.39, 0.29) is 12.0 Å². The smallest absolute Gasteiger partial charge is 0.337 e. The van der Waals surface area contributed by atoms with E-state index in [2.05, 4.69) is 16.1 Å². The molecular weight excluding hydrogens is 314 g/mol. The van der Waals surface area contributed by atoms with Crippen LogP contribution in [0.2, 0.25) is 0 Å².